The van der Waals surface area contributed by atoms with Gasteiger partial charge in [-0.2, -0.15) is 0 Å². The molecule has 2 aromatic rings. The van der Waals surface area contributed by atoms with Crippen molar-refractivity contribution in [1.82, 2.24) is 0 Å². The maximum absolute atomic E-state index is 11.4. The van der Waals surface area contributed by atoms with E-state index in [-0.39, 0.29) is 5.97 Å². The summed E-state index contributed by atoms with van der Waals surface area (Å²) < 4.78 is 9.96. The first-order valence-electron chi connectivity index (χ1n) is 5.68. The van der Waals surface area contributed by atoms with E-state index in [4.69, 9.17) is 16.3 Å². The SMILES string of the molecule is COC(=O)c1ccc(-c2c(Cl)cccc2OC)cc1. The maximum atomic E-state index is 11.4. The Balaban J connectivity index is 2.46. The Morgan fingerprint density at radius 2 is 1.74 bits per heavy atom. The van der Waals surface area contributed by atoms with Crippen molar-refractivity contribution in [2.24, 2.45) is 0 Å². The van der Waals surface area contributed by atoms with Crippen molar-refractivity contribution >= 4 is 17.6 Å². The molecule has 0 aliphatic rings. The fourth-order valence-corrected chi connectivity index (χ4v) is 2.12. The highest BCUT2D eigenvalue weighted by atomic mass is 35.5. The summed E-state index contributed by atoms with van der Waals surface area (Å²) in [6.45, 7) is 0. The van der Waals surface area contributed by atoms with Gasteiger partial charge >= 0.3 is 5.97 Å². The minimum Gasteiger partial charge on any atom is -0.496 e. The summed E-state index contributed by atoms with van der Waals surface area (Å²) in [6.07, 6.45) is 0. The second kappa shape index (κ2) is 5.76. The van der Waals surface area contributed by atoms with Crippen molar-refractivity contribution in [2.75, 3.05) is 14.2 Å². The third-order valence-corrected chi connectivity index (χ3v) is 3.10. The molecule has 2 rings (SSSR count). The lowest BCUT2D eigenvalue weighted by molar-refractivity contribution is 0.0601. The van der Waals surface area contributed by atoms with Crippen LogP contribution in [-0.4, -0.2) is 20.2 Å². The van der Waals surface area contributed by atoms with Gasteiger partial charge in [-0.05, 0) is 29.8 Å². The van der Waals surface area contributed by atoms with Gasteiger partial charge in [-0.3, -0.25) is 0 Å². The molecule has 0 atom stereocenters. The molecule has 19 heavy (non-hydrogen) atoms. The molecule has 0 fully saturated rings. The topological polar surface area (TPSA) is 35.5 Å². The van der Waals surface area contributed by atoms with Crippen LogP contribution in [-0.2, 0) is 4.74 Å². The Hall–Kier alpha value is -2.00. The number of esters is 1. The second-order valence-corrected chi connectivity index (χ2v) is 4.29. The van der Waals surface area contributed by atoms with Gasteiger partial charge in [0.05, 0.1) is 24.8 Å². The largest absolute Gasteiger partial charge is 0.496 e. The molecule has 0 amide bonds. The lowest BCUT2D eigenvalue weighted by atomic mass is 10.0. The van der Waals surface area contributed by atoms with E-state index in [9.17, 15) is 4.79 Å². The Bertz CT molecular complexity index is 591. The molecule has 0 unspecified atom stereocenters. The number of hydrogen-bond donors (Lipinski definition) is 0. The molecule has 0 radical (unpaired) electrons. The third kappa shape index (κ3) is 2.71. The van der Waals surface area contributed by atoms with E-state index in [1.807, 2.05) is 24.3 Å². The van der Waals surface area contributed by atoms with Crippen LogP contribution in [0.25, 0.3) is 11.1 Å². The first-order valence-corrected chi connectivity index (χ1v) is 6.06. The van der Waals surface area contributed by atoms with Crippen molar-refractivity contribution in [1.29, 1.82) is 0 Å². The lowest BCUT2D eigenvalue weighted by Crippen LogP contribution is -2.00. The van der Waals surface area contributed by atoms with Crippen molar-refractivity contribution in [3.63, 3.8) is 0 Å². The van der Waals surface area contributed by atoms with Crippen molar-refractivity contribution in [3.8, 4) is 16.9 Å². The quantitative estimate of drug-likeness (QED) is 0.800. The first-order chi connectivity index (χ1) is 9.17. The Labute approximate surface area is 116 Å². The minimum absolute atomic E-state index is 0.363. The molecule has 0 saturated carbocycles. The highest BCUT2D eigenvalue weighted by Crippen LogP contribution is 2.36. The van der Waals surface area contributed by atoms with Crippen LogP contribution in [0.15, 0.2) is 42.5 Å². The highest BCUT2D eigenvalue weighted by Gasteiger charge is 2.11. The molecule has 0 spiro atoms. The summed E-state index contributed by atoms with van der Waals surface area (Å²) >= 11 is 6.20. The standard InChI is InChI=1S/C15H13ClO3/c1-18-13-5-3-4-12(16)14(13)10-6-8-11(9-7-10)15(17)19-2/h3-9H,1-2H3. The summed E-state index contributed by atoms with van der Waals surface area (Å²) in [5, 5.41) is 0.602. The van der Waals surface area contributed by atoms with E-state index in [2.05, 4.69) is 4.74 Å². The van der Waals surface area contributed by atoms with Crippen LogP contribution in [0.1, 0.15) is 10.4 Å². The molecule has 2 aromatic carbocycles. The average Bonchev–Trinajstić information content (AvgIpc) is 2.46. The summed E-state index contributed by atoms with van der Waals surface area (Å²) in [5.74, 6) is 0.330. The monoisotopic (exact) mass is 276 g/mol. The predicted octanol–water partition coefficient (Wildman–Crippen LogP) is 3.80. The van der Waals surface area contributed by atoms with Crippen molar-refractivity contribution in [3.05, 3.63) is 53.1 Å². The van der Waals surface area contributed by atoms with Gasteiger partial charge in [-0.15, -0.1) is 0 Å². The molecule has 0 aromatic heterocycles. The van der Waals surface area contributed by atoms with Crippen LogP contribution in [0.2, 0.25) is 5.02 Å². The van der Waals surface area contributed by atoms with Gasteiger partial charge in [0.1, 0.15) is 5.75 Å². The number of carbonyl (C=O) groups excluding carboxylic acids is 1. The van der Waals surface area contributed by atoms with Crippen molar-refractivity contribution in [2.45, 2.75) is 0 Å². The number of methoxy groups -OCH3 is 2. The zero-order valence-corrected chi connectivity index (χ0v) is 11.4. The normalized spacial score (nSPS) is 10.1. The number of carbonyl (C=O) groups is 1. The predicted molar refractivity (Wildman–Crippen MR) is 74.8 cm³/mol. The summed E-state index contributed by atoms with van der Waals surface area (Å²) in [7, 11) is 2.95. The van der Waals surface area contributed by atoms with Gasteiger partial charge in [0, 0.05) is 5.56 Å². The molecule has 4 heteroatoms. The summed E-state index contributed by atoms with van der Waals surface area (Å²) in [4.78, 5) is 11.4. The van der Waals surface area contributed by atoms with Crippen LogP contribution in [0, 0.1) is 0 Å². The van der Waals surface area contributed by atoms with Crippen molar-refractivity contribution < 1.29 is 14.3 Å². The van der Waals surface area contributed by atoms with Gasteiger partial charge in [-0.1, -0.05) is 29.8 Å². The molecule has 0 aliphatic carbocycles. The molecule has 0 bridgehead atoms. The minimum atomic E-state index is -0.363. The van der Waals surface area contributed by atoms with Crippen LogP contribution < -0.4 is 4.74 Å². The fraction of sp³-hybridized carbons (Fsp3) is 0.133. The Morgan fingerprint density at radius 1 is 1.05 bits per heavy atom. The maximum Gasteiger partial charge on any atom is 0.337 e. The van der Waals surface area contributed by atoms with E-state index in [1.54, 1.807) is 25.3 Å². The van der Waals surface area contributed by atoms with Gasteiger partial charge in [0.2, 0.25) is 0 Å². The van der Waals surface area contributed by atoms with Crippen LogP contribution in [0.3, 0.4) is 0 Å². The van der Waals surface area contributed by atoms with Gasteiger partial charge < -0.3 is 9.47 Å². The molecule has 0 N–H and O–H groups in total. The highest BCUT2D eigenvalue weighted by molar-refractivity contribution is 6.33. The average molecular weight is 277 g/mol. The van der Waals surface area contributed by atoms with E-state index in [0.29, 0.717) is 16.3 Å². The molecular weight excluding hydrogens is 264 g/mol. The molecule has 0 heterocycles. The fourth-order valence-electron chi connectivity index (χ4n) is 1.85. The van der Waals surface area contributed by atoms with E-state index in [0.717, 1.165) is 11.1 Å². The third-order valence-electron chi connectivity index (χ3n) is 2.79. The molecule has 3 nitrogen and oxygen atoms in total. The van der Waals surface area contributed by atoms with Gasteiger partial charge in [0.25, 0.3) is 0 Å². The van der Waals surface area contributed by atoms with Gasteiger partial charge in [-0.25, -0.2) is 4.79 Å². The van der Waals surface area contributed by atoms with Crippen LogP contribution >= 0.6 is 11.6 Å². The van der Waals surface area contributed by atoms with Crippen LogP contribution in [0.4, 0.5) is 0 Å². The number of hydrogen-bond acceptors (Lipinski definition) is 3. The molecule has 0 aliphatic heterocycles. The first kappa shape index (κ1) is 13.4. The Kier molecular flexibility index (Phi) is 4.07. The second-order valence-electron chi connectivity index (χ2n) is 3.89. The smallest absolute Gasteiger partial charge is 0.337 e. The summed E-state index contributed by atoms with van der Waals surface area (Å²) in [6, 6.07) is 12.5. The van der Waals surface area contributed by atoms with Crippen LogP contribution in [0.5, 0.6) is 5.75 Å². The van der Waals surface area contributed by atoms with Gasteiger partial charge in [0.15, 0.2) is 0 Å². The molecule has 98 valence electrons. The van der Waals surface area contributed by atoms with E-state index in [1.165, 1.54) is 7.11 Å². The molecule has 0 saturated heterocycles. The number of benzene rings is 2. The zero-order valence-electron chi connectivity index (χ0n) is 10.6. The van der Waals surface area contributed by atoms with E-state index >= 15 is 0 Å². The lowest BCUT2D eigenvalue weighted by Gasteiger charge is -2.10. The Morgan fingerprint density at radius 3 is 2.32 bits per heavy atom. The zero-order chi connectivity index (χ0) is 13.8. The number of ether oxygens (including phenoxy) is 2. The molecular formula is C15H13ClO3. The van der Waals surface area contributed by atoms with E-state index < -0.39 is 0 Å². The summed E-state index contributed by atoms with van der Waals surface area (Å²) in [5.41, 5.74) is 2.19. The number of rotatable bonds is 3. The number of halogens is 1.